The van der Waals surface area contributed by atoms with Crippen molar-refractivity contribution in [3.63, 3.8) is 0 Å². The Labute approximate surface area is 480 Å². The van der Waals surface area contributed by atoms with E-state index in [1.807, 2.05) is 12.1 Å². The monoisotopic (exact) mass is 1090 g/mol. The number of Topliss-reactive ketones (excluding diaryl/α,β-unsaturated/α-hetero) is 1. The lowest BCUT2D eigenvalue weighted by molar-refractivity contribution is -0.135. The minimum atomic E-state index is -1.17. The van der Waals surface area contributed by atoms with E-state index in [0.717, 1.165) is 78.2 Å². The van der Waals surface area contributed by atoms with Crippen LogP contribution in [0.15, 0.2) is 133 Å². The van der Waals surface area contributed by atoms with Gasteiger partial charge in [0.2, 0.25) is 0 Å². The van der Waals surface area contributed by atoms with Crippen LogP contribution in [0.5, 0.6) is 0 Å². The maximum Gasteiger partial charge on any atom is 0.181 e. The summed E-state index contributed by atoms with van der Waals surface area (Å²) in [6.45, 7) is 10.7. The highest BCUT2D eigenvalue weighted by molar-refractivity contribution is 6.61. The number of carbonyl (C=O) groups excluding carboxylic acids is 1. The molecule has 0 N–H and O–H groups in total. The normalized spacial score (nSPS) is 13.5. The molecule has 0 aliphatic heterocycles. The zero-order valence-corrected chi connectivity index (χ0v) is 49.6. The van der Waals surface area contributed by atoms with Gasteiger partial charge in [-0.25, -0.2) is 0 Å². The highest BCUT2D eigenvalue weighted by Crippen LogP contribution is 2.60. The smallest absolute Gasteiger partial charge is 0.181 e. The summed E-state index contributed by atoms with van der Waals surface area (Å²) in [5, 5.41) is 0. The SMILES string of the molecule is C=C(CCCCCCCCCOCc1ccccc1)CCCCCCCCCOCc1ccccc1.O=C1CC(CCCCCCCCCOCc2ccccc2)(CCCCCCCCCOCc2ccccc2)C1(Cl)Cl. The average molecular weight is 1100 g/mol. The zero-order valence-electron chi connectivity index (χ0n) is 48.0. The Morgan fingerprint density at radius 2 is 0.584 bits per heavy atom. The van der Waals surface area contributed by atoms with Crippen LogP contribution in [-0.2, 0) is 50.2 Å². The number of rotatable bonds is 48. The highest BCUT2D eigenvalue weighted by Gasteiger charge is 2.63. The van der Waals surface area contributed by atoms with Crippen LogP contribution in [-0.4, -0.2) is 36.5 Å². The van der Waals surface area contributed by atoms with Crippen molar-refractivity contribution < 1.29 is 23.7 Å². The summed E-state index contributed by atoms with van der Waals surface area (Å²) in [5.74, 6) is 0.0183. The molecule has 77 heavy (non-hydrogen) atoms. The first-order chi connectivity index (χ1) is 37.9. The Bertz CT molecular complexity index is 1850. The lowest BCUT2D eigenvalue weighted by atomic mass is 9.61. The first-order valence-corrected chi connectivity index (χ1v) is 31.7. The topological polar surface area (TPSA) is 54.0 Å². The number of halogens is 2. The van der Waals surface area contributed by atoms with Crippen molar-refractivity contribution in [1.29, 1.82) is 0 Å². The summed E-state index contributed by atoms with van der Waals surface area (Å²) in [5.41, 5.74) is 6.28. The van der Waals surface area contributed by atoms with E-state index in [9.17, 15) is 4.79 Å². The van der Waals surface area contributed by atoms with Gasteiger partial charge < -0.3 is 18.9 Å². The predicted octanol–water partition coefficient (Wildman–Crippen LogP) is 21.0. The van der Waals surface area contributed by atoms with Crippen LogP contribution in [0.1, 0.15) is 234 Å². The summed E-state index contributed by atoms with van der Waals surface area (Å²) < 4.78 is 21.9. The van der Waals surface area contributed by atoms with Gasteiger partial charge in [-0.2, -0.15) is 0 Å². The van der Waals surface area contributed by atoms with Gasteiger partial charge in [0.15, 0.2) is 10.1 Å². The molecule has 5 nitrogen and oxygen atoms in total. The maximum absolute atomic E-state index is 12.2. The van der Waals surface area contributed by atoms with Crippen LogP contribution in [0, 0.1) is 5.41 Å². The second kappa shape index (κ2) is 44.5. The number of hydrogen-bond donors (Lipinski definition) is 0. The molecule has 0 spiro atoms. The fraction of sp³-hybridized carbons (Fsp3) is 0.614. The van der Waals surface area contributed by atoms with Crippen LogP contribution in [0.2, 0.25) is 0 Å². The van der Waals surface area contributed by atoms with E-state index in [1.165, 1.54) is 195 Å². The molecule has 7 heteroatoms. The summed E-state index contributed by atoms with van der Waals surface area (Å²) >= 11 is 13.2. The molecule has 4 aromatic rings. The van der Waals surface area contributed by atoms with Gasteiger partial charge in [-0.1, -0.05) is 298 Å². The van der Waals surface area contributed by atoms with Gasteiger partial charge in [-0.05, 0) is 86.5 Å². The maximum atomic E-state index is 12.2. The van der Waals surface area contributed by atoms with Crippen LogP contribution in [0.25, 0.3) is 0 Å². The molecule has 1 aliphatic rings. The third-order valence-electron chi connectivity index (χ3n) is 15.5. The number of ether oxygens (including phenoxy) is 4. The van der Waals surface area contributed by atoms with E-state index in [4.69, 9.17) is 42.1 Å². The second-order valence-electron chi connectivity index (χ2n) is 22.3. The molecule has 0 saturated heterocycles. The van der Waals surface area contributed by atoms with Crippen molar-refractivity contribution in [3.8, 4) is 0 Å². The molecular weight excluding hydrogens is 992 g/mol. The molecule has 0 unspecified atom stereocenters. The Morgan fingerprint density at radius 3 is 0.831 bits per heavy atom. The van der Waals surface area contributed by atoms with Crippen molar-refractivity contribution in [2.75, 3.05) is 26.4 Å². The van der Waals surface area contributed by atoms with Crippen molar-refractivity contribution >= 4 is 29.0 Å². The van der Waals surface area contributed by atoms with E-state index < -0.39 is 4.33 Å². The highest BCUT2D eigenvalue weighted by atomic mass is 35.5. The third-order valence-corrected chi connectivity index (χ3v) is 16.7. The van der Waals surface area contributed by atoms with Crippen molar-refractivity contribution in [1.82, 2.24) is 0 Å². The summed E-state index contributed by atoms with van der Waals surface area (Å²) in [6.07, 6.45) is 40.3. The van der Waals surface area contributed by atoms with Crippen LogP contribution in [0.4, 0.5) is 0 Å². The molecule has 428 valence electrons. The first-order valence-electron chi connectivity index (χ1n) is 30.9. The molecule has 1 aliphatic carbocycles. The van der Waals surface area contributed by atoms with Gasteiger partial charge in [0.05, 0.1) is 26.4 Å². The van der Waals surface area contributed by atoms with E-state index >= 15 is 0 Å². The van der Waals surface area contributed by atoms with E-state index in [-0.39, 0.29) is 11.2 Å². The number of hydrogen-bond acceptors (Lipinski definition) is 5. The summed E-state index contributed by atoms with van der Waals surface area (Å²) in [4.78, 5) is 12.2. The number of ketones is 1. The molecule has 0 radical (unpaired) electrons. The molecule has 0 bridgehead atoms. The molecule has 0 amide bonds. The minimum Gasteiger partial charge on any atom is -0.377 e. The lowest BCUT2D eigenvalue weighted by Gasteiger charge is -2.51. The van der Waals surface area contributed by atoms with Crippen LogP contribution < -0.4 is 0 Å². The third kappa shape index (κ3) is 31.9. The molecule has 0 aromatic heterocycles. The fourth-order valence-electron chi connectivity index (χ4n) is 10.5. The Hall–Kier alpha value is -3.29. The van der Waals surface area contributed by atoms with Gasteiger partial charge in [0, 0.05) is 38.3 Å². The molecular formula is C70H104Cl2O5. The molecule has 1 saturated carbocycles. The number of alkyl halides is 2. The van der Waals surface area contributed by atoms with Gasteiger partial charge in [0.1, 0.15) is 0 Å². The van der Waals surface area contributed by atoms with E-state index in [2.05, 4.69) is 116 Å². The average Bonchev–Trinajstić information content (AvgIpc) is 3.50. The number of benzene rings is 4. The Balaban J connectivity index is 0.000000336. The molecule has 5 rings (SSSR count). The molecule has 4 aromatic carbocycles. The van der Waals surface area contributed by atoms with E-state index in [0.29, 0.717) is 19.6 Å². The molecule has 0 heterocycles. The summed E-state index contributed by atoms with van der Waals surface area (Å²) in [6, 6.07) is 41.6. The van der Waals surface area contributed by atoms with Crippen molar-refractivity contribution in [3.05, 3.63) is 156 Å². The van der Waals surface area contributed by atoms with Gasteiger partial charge in [-0.15, -0.1) is 0 Å². The quantitative estimate of drug-likeness (QED) is 0.0251. The minimum absolute atomic E-state index is 0.0183. The van der Waals surface area contributed by atoms with Crippen LogP contribution in [0.3, 0.4) is 0 Å². The largest absolute Gasteiger partial charge is 0.377 e. The number of unbranched alkanes of at least 4 members (excludes halogenated alkanes) is 24. The lowest BCUT2D eigenvalue weighted by Crippen LogP contribution is -2.57. The number of carbonyl (C=O) groups is 1. The zero-order chi connectivity index (χ0) is 54.4. The van der Waals surface area contributed by atoms with Gasteiger partial charge in [0.25, 0.3) is 0 Å². The van der Waals surface area contributed by atoms with Crippen LogP contribution >= 0.6 is 23.2 Å². The Kier molecular flexibility index (Phi) is 38.2. The standard InChI is InChI=1S/C36H52Cl2O3.C34H52O2/c37-36(38)34(39)29-35(36,25-17-7-3-1-5-9-19-27-40-30-32-21-13-11-14-22-32)26-18-8-4-2-6-10-20-28-41-31-33-23-15-12-16-24-33;1-32(22-14-8-4-2-6-10-20-28-35-30-33-24-16-12-17-25-33)23-15-9-5-3-7-11-21-29-36-31-34-26-18-13-19-27-34/h11-16,21-24H,1-10,17-20,25-31H2;12-13,16-19,24-27H,1-11,14-15,20-23,28-31H2. The van der Waals surface area contributed by atoms with Gasteiger partial charge in [-0.3, -0.25) is 4.79 Å². The number of allylic oxidation sites excluding steroid dienone is 1. The summed E-state index contributed by atoms with van der Waals surface area (Å²) in [7, 11) is 0. The second-order valence-corrected chi connectivity index (χ2v) is 23.6. The first kappa shape index (κ1) is 66.2. The predicted molar refractivity (Wildman–Crippen MR) is 328 cm³/mol. The fourth-order valence-corrected chi connectivity index (χ4v) is 11.2. The van der Waals surface area contributed by atoms with Crippen molar-refractivity contribution in [2.24, 2.45) is 5.41 Å². The van der Waals surface area contributed by atoms with Gasteiger partial charge >= 0.3 is 0 Å². The Morgan fingerprint density at radius 1 is 0.351 bits per heavy atom. The van der Waals surface area contributed by atoms with E-state index in [1.54, 1.807) is 0 Å². The molecule has 1 fully saturated rings. The molecule has 0 atom stereocenters. The van der Waals surface area contributed by atoms with Crippen molar-refractivity contribution in [2.45, 2.75) is 243 Å².